The van der Waals surface area contributed by atoms with Crippen LogP contribution in [0.3, 0.4) is 0 Å². The summed E-state index contributed by atoms with van der Waals surface area (Å²) in [6.45, 7) is 0. The highest BCUT2D eigenvalue weighted by Crippen LogP contribution is 2.35. The first-order valence-electron chi connectivity index (χ1n) is 8.52. The molecule has 0 aliphatic rings. The largest absolute Gasteiger partial charge is 0.360 e. The van der Waals surface area contributed by atoms with Gasteiger partial charge in [-0.05, 0) is 29.7 Å². The second kappa shape index (κ2) is 6.11. The van der Waals surface area contributed by atoms with Crippen molar-refractivity contribution in [1.29, 1.82) is 0 Å². The van der Waals surface area contributed by atoms with Crippen LogP contribution < -0.4 is 0 Å². The Labute approximate surface area is 159 Å². The van der Waals surface area contributed by atoms with Crippen molar-refractivity contribution in [2.24, 2.45) is 0 Å². The number of hydrogen-bond donors (Lipinski definition) is 1. The number of halogens is 1. The summed E-state index contributed by atoms with van der Waals surface area (Å²) in [7, 11) is 0. The number of nitrogens with one attached hydrogen (secondary N) is 1. The minimum Gasteiger partial charge on any atom is -0.360 e. The van der Waals surface area contributed by atoms with Gasteiger partial charge in [-0.3, -0.25) is 0 Å². The Kier molecular flexibility index (Phi) is 3.61. The average molecular weight is 399 g/mol. The molecule has 0 fully saturated rings. The number of hydrogen-bond acceptors (Lipinski definition) is 1. The topological polar surface area (TPSA) is 28.7 Å². The quantitative estimate of drug-likeness (QED) is 0.347. The number of H-pyrrole nitrogens is 1. The highest BCUT2D eigenvalue weighted by atomic mass is 79.9. The third-order valence-electron chi connectivity index (χ3n) is 4.71. The van der Waals surface area contributed by atoms with Crippen molar-refractivity contribution in [3.05, 3.63) is 89.5 Å². The lowest BCUT2D eigenvalue weighted by molar-refractivity contribution is 1.35. The van der Waals surface area contributed by atoms with Crippen LogP contribution in [0.25, 0.3) is 44.2 Å². The predicted molar refractivity (Wildman–Crippen MR) is 112 cm³/mol. The second-order valence-electron chi connectivity index (χ2n) is 6.34. The van der Waals surface area contributed by atoms with Crippen LogP contribution in [-0.2, 0) is 0 Å². The Morgan fingerprint density at radius 3 is 2.46 bits per heavy atom. The lowest BCUT2D eigenvalue weighted by Crippen LogP contribution is -1.90. The number of benzene rings is 3. The molecule has 0 unspecified atom stereocenters. The van der Waals surface area contributed by atoms with Crippen LogP contribution in [0.5, 0.6) is 0 Å². The third kappa shape index (κ3) is 2.52. The average Bonchev–Trinajstić information content (AvgIpc) is 3.10. The monoisotopic (exact) mass is 398 g/mol. The molecular formula is C23H15BrN2. The van der Waals surface area contributed by atoms with Gasteiger partial charge >= 0.3 is 0 Å². The molecule has 0 aliphatic carbocycles. The van der Waals surface area contributed by atoms with E-state index in [0.29, 0.717) is 0 Å². The predicted octanol–water partition coefficient (Wildman–Crippen LogP) is 6.81. The van der Waals surface area contributed by atoms with E-state index >= 15 is 0 Å². The van der Waals surface area contributed by atoms with Crippen molar-refractivity contribution in [1.82, 2.24) is 9.97 Å². The van der Waals surface area contributed by atoms with E-state index in [9.17, 15) is 0 Å². The number of rotatable bonds is 2. The second-order valence-corrected chi connectivity index (χ2v) is 7.25. The molecule has 0 amide bonds. The van der Waals surface area contributed by atoms with Crippen molar-refractivity contribution in [2.75, 3.05) is 0 Å². The van der Waals surface area contributed by atoms with Crippen LogP contribution in [0.4, 0.5) is 0 Å². The minimum absolute atomic E-state index is 0.989. The molecule has 0 radical (unpaired) electrons. The first-order valence-corrected chi connectivity index (χ1v) is 9.31. The molecule has 0 bridgehead atoms. The molecule has 3 heteroatoms. The Morgan fingerprint density at radius 1 is 0.769 bits per heavy atom. The van der Waals surface area contributed by atoms with Crippen molar-refractivity contribution >= 4 is 37.6 Å². The molecule has 1 N–H and O–H groups in total. The third-order valence-corrected chi connectivity index (χ3v) is 5.20. The fourth-order valence-electron chi connectivity index (χ4n) is 3.45. The van der Waals surface area contributed by atoms with Crippen LogP contribution in [0.15, 0.2) is 89.5 Å². The molecule has 2 nitrogen and oxygen atoms in total. The zero-order chi connectivity index (χ0) is 17.5. The SMILES string of the molecule is Brc1ccc2[nH]cc(-c3nc(-c4ccccc4)cc4ccccc34)c2c1. The van der Waals surface area contributed by atoms with E-state index in [4.69, 9.17) is 4.98 Å². The van der Waals surface area contributed by atoms with Gasteiger partial charge in [0, 0.05) is 38.1 Å². The molecule has 3 aromatic carbocycles. The zero-order valence-electron chi connectivity index (χ0n) is 13.9. The summed E-state index contributed by atoms with van der Waals surface area (Å²) < 4.78 is 1.06. The Morgan fingerprint density at radius 2 is 1.58 bits per heavy atom. The number of fused-ring (bicyclic) bond motifs is 2. The first kappa shape index (κ1) is 15.4. The standard InChI is InChI=1S/C23H15BrN2/c24-17-10-11-21-19(13-17)20(14-25-21)23-18-9-5-4-8-16(18)12-22(26-23)15-6-2-1-3-7-15/h1-14,25H. The van der Waals surface area contributed by atoms with E-state index in [-0.39, 0.29) is 0 Å². The van der Waals surface area contributed by atoms with Gasteiger partial charge in [-0.25, -0.2) is 4.98 Å². The Balaban J connectivity index is 1.85. The summed E-state index contributed by atoms with van der Waals surface area (Å²) >= 11 is 3.59. The highest BCUT2D eigenvalue weighted by Gasteiger charge is 2.13. The number of nitrogens with zero attached hydrogens (tertiary/aromatic N) is 1. The summed E-state index contributed by atoms with van der Waals surface area (Å²) in [6.07, 6.45) is 2.06. The molecule has 5 rings (SSSR count). The Hall–Kier alpha value is -2.91. The zero-order valence-corrected chi connectivity index (χ0v) is 15.5. The van der Waals surface area contributed by atoms with E-state index < -0.39 is 0 Å². The molecule has 0 atom stereocenters. The molecular weight excluding hydrogens is 384 g/mol. The van der Waals surface area contributed by atoms with Gasteiger partial charge in [-0.2, -0.15) is 0 Å². The van der Waals surface area contributed by atoms with Gasteiger partial charge in [0.05, 0.1) is 11.4 Å². The maximum atomic E-state index is 5.06. The van der Waals surface area contributed by atoms with Gasteiger partial charge in [-0.1, -0.05) is 70.5 Å². The van der Waals surface area contributed by atoms with Gasteiger partial charge in [0.25, 0.3) is 0 Å². The lowest BCUT2D eigenvalue weighted by atomic mass is 10.0. The van der Waals surface area contributed by atoms with E-state index in [2.05, 4.69) is 99.9 Å². The fraction of sp³-hybridized carbons (Fsp3) is 0. The normalized spacial score (nSPS) is 11.3. The summed E-state index contributed by atoms with van der Waals surface area (Å²) in [4.78, 5) is 8.44. The van der Waals surface area contributed by atoms with E-state index in [1.165, 1.54) is 10.8 Å². The summed E-state index contributed by atoms with van der Waals surface area (Å²) in [5.74, 6) is 0. The van der Waals surface area contributed by atoms with E-state index in [1.807, 2.05) is 6.07 Å². The van der Waals surface area contributed by atoms with E-state index in [1.54, 1.807) is 0 Å². The summed E-state index contributed by atoms with van der Waals surface area (Å²) in [5.41, 5.74) is 5.35. The summed E-state index contributed by atoms with van der Waals surface area (Å²) in [6, 6.07) is 27.2. The molecule has 2 aromatic heterocycles. The van der Waals surface area contributed by atoms with Gasteiger partial charge in [-0.15, -0.1) is 0 Å². The molecule has 0 aliphatic heterocycles. The van der Waals surface area contributed by atoms with Gasteiger partial charge in [0.1, 0.15) is 0 Å². The fourth-order valence-corrected chi connectivity index (χ4v) is 3.81. The van der Waals surface area contributed by atoms with Crippen LogP contribution in [0.1, 0.15) is 0 Å². The number of pyridine rings is 1. The number of aromatic amines is 1. The Bertz CT molecular complexity index is 1240. The van der Waals surface area contributed by atoms with E-state index in [0.717, 1.165) is 37.9 Å². The van der Waals surface area contributed by atoms with Crippen molar-refractivity contribution in [3.8, 4) is 22.5 Å². The smallest absolute Gasteiger partial charge is 0.0809 e. The van der Waals surface area contributed by atoms with Crippen LogP contribution in [0.2, 0.25) is 0 Å². The first-order chi connectivity index (χ1) is 12.8. The molecule has 0 saturated heterocycles. The van der Waals surface area contributed by atoms with Gasteiger partial charge in [0.2, 0.25) is 0 Å². The molecule has 124 valence electrons. The van der Waals surface area contributed by atoms with Crippen molar-refractivity contribution in [3.63, 3.8) is 0 Å². The minimum atomic E-state index is 0.989. The molecule has 5 aromatic rings. The molecule has 2 heterocycles. The molecule has 0 saturated carbocycles. The summed E-state index contributed by atoms with van der Waals surface area (Å²) in [5, 5.41) is 3.52. The van der Waals surface area contributed by atoms with Crippen LogP contribution in [0, 0.1) is 0 Å². The van der Waals surface area contributed by atoms with Crippen molar-refractivity contribution in [2.45, 2.75) is 0 Å². The lowest BCUT2D eigenvalue weighted by Gasteiger charge is -2.09. The molecule has 26 heavy (non-hydrogen) atoms. The molecule has 0 spiro atoms. The highest BCUT2D eigenvalue weighted by molar-refractivity contribution is 9.10. The van der Waals surface area contributed by atoms with Gasteiger partial charge in [0.15, 0.2) is 0 Å². The number of aromatic nitrogens is 2. The van der Waals surface area contributed by atoms with Crippen LogP contribution in [-0.4, -0.2) is 9.97 Å². The van der Waals surface area contributed by atoms with Crippen LogP contribution >= 0.6 is 15.9 Å². The van der Waals surface area contributed by atoms with Crippen molar-refractivity contribution < 1.29 is 0 Å². The maximum absolute atomic E-state index is 5.06. The van der Waals surface area contributed by atoms with Gasteiger partial charge < -0.3 is 4.98 Å². The maximum Gasteiger partial charge on any atom is 0.0809 e.